The van der Waals surface area contributed by atoms with Gasteiger partial charge in [-0.05, 0) is 13.0 Å². The number of halogens is 2. The lowest BCUT2D eigenvalue weighted by Gasteiger charge is -2.07. The molecule has 0 unspecified atom stereocenters. The number of benzene rings is 1. The molecule has 1 aromatic heterocycles. The number of nitrogens with zero attached hydrogens (tertiary/aromatic N) is 2. The lowest BCUT2D eigenvalue weighted by Crippen LogP contribution is -2.14. The maximum atomic E-state index is 11.3. The van der Waals surface area contributed by atoms with E-state index in [0.29, 0.717) is 26.8 Å². The lowest BCUT2D eigenvalue weighted by molar-refractivity contribution is 0.168. The largest absolute Gasteiger partial charge is 0.450 e. The molecular weight excluding hydrogens is 285 g/mol. The van der Waals surface area contributed by atoms with Crippen LogP contribution in [0, 0.1) is 0 Å². The number of aromatic nitrogens is 2. The fourth-order valence-electron chi connectivity index (χ4n) is 1.26. The maximum Gasteiger partial charge on any atom is 0.411 e. The van der Waals surface area contributed by atoms with Gasteiger partial charge in [-0.2, -0.15) is 8.75 Å². The third-order valence-corrected chi connectivity index (χ3v) is 3.06. The summed E-state index contributed by atoms with van der Waals surface area (Å²) in [4.78, 5) is 11.3. The topological polar surface area (TPSA) is 64.1 Å². The van der Waals surface area contributed by atoms with Crippen molar-refractivity contribution in [3.63, 3.8) is 0 Å². The minimum atomic E-state index is -0.592. The Morgan fingerprint density at radius 1 is 1.41 bits per heavy atom. The van der Waals surface area contributed by atoms with Crippen LogP contribution in [0.3, 0.4) is 0 Å². The molecule has 0 aliphatic carbocycles. The van der Waals surface area contributed by atoms with Gasteiger partial charge in [0, 0.05) is 0 Å². The standard InChI is InChI=1S/C9H7Cl2N3O2S/c1-2-16-9(15)12-6-4(10)3-5(11)7-8(6)14-17-13-7/h3H,2H2,1H3,(H,12,15). The van der Waals surface area contributed by atoms with Gasteiger partial charge in [-0.3, -0.25) is 5.32 Å². The van der Waals surface area contributed by atoms with E-state index < -0.39 is 6.09 Å². The van der Waals surface area contributed by atoms with Gasteiger partial charge in [-0.1, -0.05) is 23.2 Å². The monoisotopic (exact) mass is 291 g/mol. The van der Waals surface area contributed by atoms with E-state index in [2.05, 4.69) is 14.1 Å². The van der Waals surface area contributed by atoms with Crippen LogP contribution < -0.4 is 5.32 Å². The summed E-state index contributed by atoms with van der Waals surface area (Å²) in [7, 11) is 0. The van der Waals surface area contributed by atoms with Crippen LogP contribution in [0.2, 0.25) is 10.0 Å². The Labute approximate surface area is 111 Å². The summed E-state index contributed by atoms with van der Waals surface area (Å²) < 4.78 is 12.8. The number of hydrogen-bond donors (Lipinski definition) is 1. The summed E-state index contributed by atoms with van der Waals surface area (Å²) >= 11 is 12.9. The Balaban J connectivity index is 2.45. The van der Waals surface area contributed by atoms with Gasteiger partial charge in [0.2, 0.25) is 0 Å². The van der Waals surface area contributed by atoms with Crippen molar-refractivity contribution >= 4 is 57.7 Å². The van der Waals surface area contributed by atoms with Crippen molar-refractivity contribution in [3.8, 4) is 0 Å². The summed E-state index contributed by atoms with van der Waals surface area (Å²) in [5.74, 6) is 0. The average molecular weight is 292 g/mol. The van der Waals surface area contributed by atoms with Crippen molar-refractivity contribution in [1.82, 2.24) is 8.75 Å². The highest BCUT2D eigenvalue weighted by Crippen LogP contribution is 2.35. The van der Waals surface area contributed by atoms with Gasteiger partial charge in [0.15, 0.2) is 0 Å². The first kappa shape index (κ1) is 12.3. The Kier molecular flexibility index (Phi) is 3.66. The number of fused-ring (bicyclic) bond motifs is 1. The van der Waals surface area contributed by atoms with Crippen molar-refractivity contribution in [2.45, 2.75) is 6.92 Å². The van der Waals surface area contributed by atoms with E-state index in [9.17, 15) is 4.79 Å². The summed E-state index contributed by atoms with van der Waals surface area (Å²) in [6.07, 6.45) is -0.592. The number of rotatable bonds is 2. The van der Waals surface area contributed by atoms with Gasteiger partial charge < -0.3 is 4.74 Å². The fourth-order valence-corrected chi connectivity index (χ4v) is 2.42. The lowest BCUT2D eigenvalue weighted by atomic mass is 10.2. The van der Waals surface area contributed by atoms with Crippen LogP contribution in [0.1, 0.15) is 6.92 Å². The van der Waals surface area contributed by atoms with Gasteiger partial charge in [-0.15, -0.1) is 0 Å². The number of carbonyl (C=O) groups is 1. The molecule has 0 bridgehead atoms. The van der Waals surface area contributed by atoms with E-state index in [1.807, 2.05) is 0 Å². The Morgan fingerprint density at radius 2 is 2.12 bits per heavy atom. The molecule has 90 valence electrons. The van der Waals surface area contributed by atoms with Crippen molar-refractivity contribution in [3.05, 3.63) is 16.1 Å². The highest BCUT2D eigenvalue weighted by atomic mass is 35.5. The van der Waals surface area contributed by atoms with Crippen molar-refractivity contribution in [2.75, 3.05) is 11.9 Å². The molecule has 1 heterocycles. The van der Waals surface area contributed by atoms with Crippen LogP contribution >= 0.6 is 34.9 Å². The molecule has 0 radical (unpaired) electrons. The molecule has 5 nitrogen and oxygen atoms in total. The van der Waals surface area contributed by atoms with Crippen LogP contribution in [0.15, 0.2) is 6.07 Å². The molecule has 0 aliphatic heterocycles. The number of hydrogen-bond acceptors (Lipinski definition) is 5. The predicted octanol–water partition coefficient (Wildman–Crippen LogP) is 3.57. The van der Waals surface area contributed by atoms with Crippen LogP contribution in [-0.4, -0.2) is 21.4 Å². The molecule has 0 fully saturated rings. The third-order valence-electron chi connectivity index (χ3n) is 1.95. The Bertz CT molecular complexity index is 573. The molecule has 2 aromatic rings. The molecule has 17 heavy (non-hydrogen) atoms. The molecular formula is C9H7Cl2N3O2S. The number of nitrogens with one attached hydrogen (secondary N) is 1. The molecule has 0 saturated carbocycles. The minimum Gasteiger partial charge on any atom is -0.450 e. The molecule has 0 spiro atoms. The molecule has 0 aliphatic rings. The molecule has 0 saturated heterocycles. The first-order valence-corrected chi connectivity index (χ1v) is 6.16. The van der Waals surface area contributed by atoms with Gasteiger partial charge >= 0.3 is 6.09 Å². The quantitative estimate of drug-likeness (QED) is 0.919. The van der Waals surface area contributed by atoms with Crippen molar-refractivity contribution in [1.29, 1.82) is 0 Å². The molecule has 8 heteroatoms. The van der Waals surface area contributed by atoms with Crippen molar-refractivity contribution < 1.29 is 9.53 Å². The zero-order valence-corrected chi connectivity index (χ0v) is 11.0. The van der Waals surface area contributed by atoms with E-state index in [1.54, 1.807) is 6.92 Å². The summed E-state index contributed by atoms with van der Waals surface area (Å²) in [6.45, 7) is 1.98. The average Bonchev–Trinajstić information content (AvgIpc) is 2.73. The van der Waals surface area contributed by atoms with Crippen molar-refractivity contribution in [2.24, 2.45) is 0 Å². The number of amides is 1. The molecule has 1 N–H and O–H groups in total. The second kappa shape index (κ2) is 5.03. The smallest absolute Gasteiger partial charge is 0.411 e. The van der Waals surface area contributed by atoms with Crippen LogP contribution in [0.25, 0.3) is 11.0 Å². The summed E-state index contributed by atoms with van der Waals surface area (Å²) in [5.41, 5.74) is 1.33. The van der Waals surface area contributed by atoms with E-state index in [-0.39, 0.29) is 6.61 Å². The Morgan fingerprint density at radius 3 is 2.82 bits per heavy atom. The molecule has 2 rings (SSSR count). The third kappa shape index (κ3) is 2.43. The predicted molar refractivity (Wildman–Crippen MR) is 68.1 cm³/mol. The van der Waals surface area contributed by atoms with E-state index >= 15 is 0 Å². The van der Waals surface area contributed by atoms with Gasteiger partial charge in [0.05, 0.1) is 34.1 Å². The van der Waals surface area contributed by atoms with E-state index in [4.69, 9.17) is 27.9 Å². The number of anilines is 1. The van der Waals surface area contributed by atoms with Gasteiger partial charge in [-0.25, -0.2) is 4.79 Å². The van der Waals surface area contributed by atoms with E-state index in [0.717, 1.165) is 11.7 Å². The zero-order chi connectivity index (χ0) is 12.4. The second-order valence-electron chi connectivity index (χ2n) is 3.02. The highest BCUT2D eigenvalue weighted by molar-refractivity contribution is 7.00. The van der Waals surface area contributed by atoms with Crippen LogP contribution in [0.4, 0.5) is 10.5 Å². The summed E-state index contributed by atoms with van der Waals surface area (Å²) in [6, 6.07) is 1.51. The summed E-state index contributed by atoms with van der Waals surface area (Å²) in [5, 5.41) is 3.21. The second-order valence-corrected chi connectivity index (χ2v) is 4.36. The van der Waals surface area contributed by atoms with E-state index in [1.165, 1.54) is 6.07 Å². The molecule has 1 amide bonds. The first-order valence-electron chi connectivity index (χ1n) is 4.67. The number of ether oxygens (including phenoxy) is 1. The fraction of sp³-hybridized carbons (Fsp3) is 0.222. The maximum absolute atomic E-state index is 11.3. The first-order chi connectivity index (χ1) is 8.13. The Hall–Kier alpha value is -1.11. The number of carbonyl (C=O) groups excluding carboxylic acids is 1. The highest BCUT2D eigenvalue weighted by Gasteiger charge is 2.16. The molecule has 1 aromatic carbocycles. The SMILES string of the molecule is CCOC(=O)Nc1c(Cl)cc(Cl)c2nsnc12. The van der Waals surface area contributed by atoms with Crippen LogP contribution in [0.5, 0.6) is 0 Å². The van der Waals surface area contributed by atoms with Gasteiger partial charge in [0.25, 0.3) is 0 Å². The van der Waals surface area contributed by atoms with Crippen LogP contribution in [-0.2, 0) is 4.74 Å². The molecule has 0 atom stereocenters. The van der Waals surface area contributed by atoms with Gasteiger partial charge in [0.1, 0.15) is 11.0 Å². The zero-order valence-electron chi connectivity index (χ0n) is 8.66. The normalized spacial score (nSPS) is 10.5. The minimum absolute atomic E-state index is 0.273.